The Morgan fingerprint density at radius 3 is 1.65 bits per heavy atom. The van der Waals surface area contributed by atoms with E-state index in [0.717, 1.165) is 22.6 Å². The van der Waals surface area contributed by atoms with Gasteiger partial charge in [0.25, 0.3) is 0 Å². The van der Waals surface area contributed by atoms with Crippen molar-refractivity contribution in [3.63, 3.8) is 0 Å². The van der Waals surface area contributed by atoms with Gasteiger partial charge < -0.3 is 0 Å². The lowest BCUT2D eigenvalue weighted by Crippen LogP contribution is -2.60. The summed E-state index contributed by atoms with van der Waals surface area (Å²) in [5.74, 6) is -19.2. The van der Waals surface area contributed by atoms with E-state index >= 15 is 0 Å². The minimum atomic E-state index is -6.88. The van der Waals surface area contributed by atoms with Gasteiger partial charge in [-0.1, -0.05) is 29.8 Å². The van der Waals surface area contributed by atoms with Crippen molar-refractivity contribution in [1.82, 2.24) is 0 Å². The van der Waals surface area contributed by atoms with Crippen molar-refractivity contribution >= 4 is 26.2 Å². The Bertz CT molecular complexity index is 584. The van der Waals surface area contributed by atoms with Gasteiger partial charge in [0.1, 0.15) is 0 Å². The van der Waals surface area contributed by atoms with Gasteiger partial charge in [-0.05, 0) is 35.1 Å². The molecule has 1 aromatic rings. The Kier molecular flexibility index (Phi) is 5.39. The van der Waals surface area contributed by atoms with Crippen LogP contribution >= 0.6 is 22.6 Å². The monoisotopic (exact) mass is 462 g/mol. The first-order chi connectivity index (χ1) is 10.1. The smallest absolute Gasteiger partial charge is 0.195 e. The average Bonchev–Trinajstić information content (AvgIpc) is 2.37. The molecule has 0 spiro atoms. The highest BCUT2D eigenvalue weighted by molar-refractivity contribution is 14.1. The summed E-state index contributed by atoms with van der Waals surface area (Å²) in [6.45, 7) is 1.65. The van der Waals surface area contributed by atoms with Crippen molar-refractivity contribution in [3.05, 3.63) is 41.5 Å². The second-order valence-corrected chi connectivity index (χ2v) is 5.79. The number of allylic oxidation sites excluding steroid dienone is 1. The molecule has 0 bridgehead atoms. The highest BCUT2D eigenvalue weighted by Crippen LogP contribution is 2.54. The molecule has 0 aliphatic rings. The van der Waals surface area contributed by atoms with Gasteiger partial charge in [-0.25, -0.2) is 0 Å². The minimum absolute atomic E-state index is 0.0259. The molecule has 0 aliphatic carbocycles. The van der Waals surface area contributed by atoms with E-state index in [0.29, 0.717) is 5.56 Å². The van der Waals surface area contributed by atoms with Gasteiger partial charge in [0.2, 0.25) is 0 Å². The molecule has 0 unspecified atom stereocenters. The van der Waals surface area contributed by atoms with Gasteiger partial charge in [0, 0.05) is 9.66 Å². The zero-order valence-corrected chi connectivity index (χ0v) is 13.3. The predicted molar refractivity (Wildman–Crippen MR) is 74.1 cm³/mol. The van der Waals surface area contributed by atoms with Crippen LogP contribution < -0.4 is 0 Å². The molecule has 0 aliphatic heterocycles. The summed E-state index contributed by atoms with van der Waals surface area (Å²) in [6, 6.07) is 5.35. The van der Waals surface area contributed by atoms with Crippen molar-refractivity contribution in [2.45, 2.75) is 30.9 Å². The number of hydrogen-bond donors (Lipinski definition) is 0. The van der Waals surface area contributed by atoms with Crippen molar-refractivity contribution in [2.24, 2.45) is 0 Å². The van der Waals surface area contributed by atoms with Crippen molar-refractivity contribution in [2.75, 3.05) is 0 Å². The zero-order valence-electron chi connectivity index (χ0n) is 11.2. The Morgan fingerprint density at radius 2 is 1.26 bits per heavy atom. The van der Waals surface area contributed by atoms with Crippen LogP contribution in [0.15, 0.2) is 30.3 Å². The normalized spacial score (nSPS) is 15.0. The number of alkyl halides is 9. The molecule has 130 valence electrons. The maximum atomic E-state index is 13.4. The summed E-state index contributed by atoms with van der Waals surface area (Å²) in [7, 11) is 0. The van der Waals surface area contributed by atoms with E-state index in [1.807, 2.05) is 0 Å². The van der Waals surface area contributed by atoms with Gasteiger partial charge in [-0.15, -0.1) is 0 Å². The highest BCUT2D eigenvalue weighted by Gasteiger charge is 2.81. The van der Waals surface area contributed by atoms with Crippen LogP contribution in [-0.2, 0) is 0 Å². The second-order valence-electron chi connectivity index (χ2n) is 4.63. The SMILES string of the molecule is Cc1ccc(/C(I)=C\C(F)(F)C(F)(F)C(F)(F)C(F)(F)F)cc1. The van der Waals surface area contributed by atoms with Crippen LogP contribution in [0.2, 0.25) is 0 Å². The van der Waals surface area contributed by atoms with E-state index in [9.17, 15) is 39.5 Å². The topological polar surface area (TPSA) is 0 Å². The number of benzene rings is 1. The molecule has 0 saturated heterocycles. The molecule has 0 atom stereocenters. The molecule has 1 rings (SSSR count). The van der Waals surface area contributed by atoms with Gasteiger partial charge in [0.05, 0.1) is 0 Å². The van der Waals surface area contributed by atoms with Crippen molar-refractivity contribution < 1.29 is 39.5 Å². The van der Waals surface area contributed by atoms with Crippen molar-refractivity contribution in [3.8, 4) is 0 Å². The molecule has 0 aromatic heterocycles. The summed E-state index contributed by atoms with van der Waals surface area (Å²) >= 11 is 1.16. The fourth-order valence-corrected chi connectivity index (χ4v) is 2.18. The molecule has 0 N–H and O–H groups in total. The maximum absolute atomic E-state index is 13.4. The highest BCUT2D eigenvalue weighted by atomic mass is 127. The van der Waals surface area contributed by atoms with Crippen LogP contribution in [0.1, 0.15) is 11.1 Å². The summed E-state index contributed by atoms with van der Waals surface area (Å²) in [4.78, 5) is 0. The number of hydrogen-bond acceptors (Lipinski definition) is 0. The molecule has 23 heavy (non-hydrogen) atoms. The third-order valence-electron chi connectivity index (χ3n) is 2.80. The molecule has 0 saturated carbocycles. The van der Waals surface area contributed by atoms with E-state index in [1.165, 1.54) is 24.3 Å². The fraction of sp³-hybridized carbons (Fsp3) is 0.385. The largest absolute Gasteiger partial charge is 0.460 e. The first kappa shape index (κ1) is 20.1. The summed E-state index contributed by atoms with van der Waals surface area (Å²) in [5, 5.41) is 0. The number of halogens is 10. The summed E-state index contributed by atoms with van der Waals surface area (Å²) in [5.41, 5.74) is 0.681. The van der Waals surface area contributed by atoms with Crippen LogP contribution in [0.5, 0.6) is 0 Å². The number of aryl methyl sites for hydroxylation is 1. The van der Waals surface area contributed by atoms with E-state index in [2.05, 4.69) is 0 Å². The molecule has 0 nitrogen and oxygen atoms in total. The fourth-order valence-electron chi connectivity index (χ4n) is 1.43. The third-order valence-corrected chi connectivity index (χ3v) is 3.74. The molecule has 10 heteroatoms. The van der Waals surface area contributed by atoms with E-state index in [4.69, 9.17) is 0 Å². The maximum Gasteiger partial charge on any atom is 0.460 e. The van der Waals surface area contributed by atoms with Crippen LogP contribution in [0.25, 0.3) is 3.58 Å². The lowest BCUT2D eigenvalue weighted by molar-refractivity contribution is -0.388. The van der Waals surface area contributed by atoms with E-state index in [-0.39, 0.29) is 5.56 Å². The standard InChI is InChI=1S/C13H8F9I/c1-7-2-4-8(5-3-7)9(23)6-10(14,15)11(16,17)12(18,19)13(20,21)22/h2-6H,1H3/b9-6+. The van der Waals surface area contributed by atoms with Crippen LogP contribution in [0.4, 0.5) is 39.5 Å². The molecule has 0 heterocycles. The minimum Gasteiger partial charge on any atom is -0.195 e. The molecule has 0 radical (unpaired) electrons. The third kappa shape index (κ3) is 3.77. The second kappa shape index (κ2) is 6.17. The van der Waals surface area contributed by atoms with Crippen LogP contribution in [0.3, 0.4) is 0 Å². The lowest BCUT2D eigenvalue weighted by atomic mass is 10.0. The Balaban J connectivity index is 3.28. The number of rotatable bonds is 4. The average molecular weight is 462 g/mol. The summed E-state index contributed by atoms with van der Waals surface area (Å²) in [6.07, 6.45) is -7.42. The lowest BCUT2D eigenvalue weighted by Gasteiger charge is -2.32. The summed E-state index contributed by atoms with van der Waals surface area (Å²) < 4.78 is 114. The molecular weight excluding hydrogens is 454 g/mol. The molecule has 0 amide bonds. The molecule has 0 fully saturated rings. The Morgan fingerprint density at radius 1 is 0.826 bits per heavy atom. The molecular formula is C13H8F9I. The Hall–Kier alpha value is -0.940. The Labute approximate surface area is 138 Å². The van der Waals surface area contributed by atoms with Crippen LogP contribution in [0, 0.1) is 6.92 Å². The van der Waals surface area contributed by atoms with E-state index < -0.39 is 33.6 Å². The van der Waals surface area contributed by atoms with Gasteiger partial charge >= 0.3 is 23.9 Å². The van der Waals surface area contributed by atoms with Gasteiger partial charge in [-0.3, -0.25) is 0 Å². The zero-order chi connectivity index (χ0) is 18.3. The van der Waals surface area contributed by atoms with Crippen LogP contribution in [-0.4, -0.2) is 23.9 Å². The molecule has 1 aromatic carbocycles. The first-order valence-electron chi connectivity index (χ1n) is 5.79. The predicted octanol–water partition coefficient (Wildman–Crippen LogP) is 6.24. The first-order valence-corrected chi connectivity index (χ1v) is 6.87. The van der Waals surface area contributed by atoms with Gasteiger partial charge in [0.15, 0.2) is 0 Å². The van der Waals surface area contributed by atoms with Gasteiger partial charge in [-0.2, -0.15) is 39.5 Å². The quantitative estimate of drug-likeness (QED) is 0.367. The van der Waals surface area contributed by atoms with Crippen molar-refractivity contribution in [1.29, 1.82) is 0 Å². The van der Waals surface area contributed by atoms with E-state index in [1.54, 1.807) is 6.92 Å².